The van der Waals surface area contributed by atoms with Crippen molar-refractivity contribution in [1.82, 2.24) is 9.88 Å². The molecule has 0 aliphatic heterocycles. The number of para-hydroxylation sites is 1. The average molecular weight is 603 g/mol. The first kappa shape index (κ1) is 27.2. The number of halogens is 3. The number of nitrogens with one attached hydrogen (secondary N) is 1. The van der Waals surface area contributed by atoms with Gasteiger partial charge in [0.15, 0.2) is 0 Å². The first-order chi connectivity index (χ1) is 15.7. The van der Waals surface area contributed by atoms with Crippen LogP contribution in [0.2, 0.25) is 0 Å². The Morgan fingerprint density at radius 3 is 2.24 bits per heavy atom. The van der Waals surface area contributed by atoms with Crippen molar-refractivity contribution in [3.05, 3.63) is 59.8 Å². The van der Waals surface area contributed by atoms with Crippen LogP contribution >= 0.6 is 43.5 Å². The number of hydrogen-bond donors (Lipinski definition) is 1. The minimum atomic E-state index is -0.352. The lowest BCUT2D eigenvalue weighted by Crippen LogP contribution is -2.34. The van der Waals surface area contributed by atoms with E-state index < -0.39 is 0 Å². The van der Waals surface area contributed by atoms with Gasteiger partial charge in [-0.1, -0.05) is 50.1 Å². The molecule has 1 N–H and O–H groups in total. The molecule has 1 heterocycles. The topological polar surface area (TPSA) is 71.6 Å². The number of amides is 1. The average Bonchev–Trinajstić information content (AvgIpc) is 3.28. The minimum Gasteiger partial charge on any atom is -0.497 e. The van der Waals surface area contributed by atoms with Crippen LogP contribution < -0.4 is 9.47 Å². The Morgan fingerprint density at radius 1 is 1.00 bits per heavy atom. The van der Waals surface area contributed by atoms with Gasteiger partial charge in [-0.2, -0.15) is 0 Å². The van der Waals surface area contributed by atoms with E-state index in [-0.39, 0.29) is 20.8 Å². The zero-order valence-corrected chi connectivity index (χ0v) is 22.8. The van der Waals surface area contributed by atoms with Crippen LogP contribution in [0.1, 0.15) is 25.0 Å². The quantitative estimate of drug-likeness (QED) is 0.252. The Bertz CT molecular complexity index is 1090. The van der Waals surface area contributed by atoms with Gasteiger partial charge in [-0.15, -0.1) is 0 Å². The molecule has 0 bridgehead atoms. The second kappa shape index (κ2) is 13.0. The predicted molar refractivity (Wildman–Crippen MR) is 140 cm³/mol. The normalized spacial score (nSPS) is 12.3. The number of ether oxygens (including phenoxy) is 2. The van der Waals surface area contributed by atoms with Crippen LogP contribution in [0.25, 0.3) is 10.9 Å². The Labute approximate surface area is 215 Å². The van der Waals surface area contributed by atoms with E-state index in [0.717, 1.165) is 27.8 Å². The summed E-state index contributed by atoms with van der Waals surface area (Å²) < 4.78 is 10.8. The summed E-state index contributed by atoms with van der Waals surface area (Å²) in [5, 5.41) is 0.781. The number of methoxy groups -OCH3 is 2. The summed E-state index contributed by atoms with van der Waals surface area (Å²) in [6, 6.07) is 13.8. The van der Waals surface area contributed by atoms with Gasteiger partial charge in [0.05, 0.1) is 29.4 Å². The molecule has 6 nitrogen and oxygen atoms in total. The van der Waals surface area contributed by atoms with Gasteiger partial charge >= 0.3 is 0 Å². The highest BCUT2D eigenvalue weighted by atomic mass is 79.9. The maximum absolute atomic E-state index is 12.9. The van der Waals surface area contributed by atoms with Crippen molar-refractivity contribution in [3.8, 4) is 11.5 Å². The highest BCUT2D eigenvalue weighted by Crippen LogP contribution is 2.27. The predicted octanol–water partition coefficient (Wildman–Crippen LogP) is 6.03. The van der Waals surface area contributed by atoms with E-state index in [9.17, 15) is 9.59 Å². The summed E-state index contributed by atoms with van der Waals surface area (Å²) in [5.74, 6) is 1.45. The van der Waals surface area contributed by atoms with Gasteiger partial charge in [-0.25, -0.2) is 0 Å². The van der Waals surface area contributed by atoms with Gasteiger partial charge in [-0.3, -0.25) is 9.59 Å². The number of rotatable bonds is 8. The molecule has 0 fully saturated rings. The highest BCUT2D eigenvalue weighted by molar-refractivity contribution is 9.10. The molecule has 178 valence electrons. The van der Waals surface area contributed by atoms with Crippen LogP contribution in [-0.4, -0.2) is 44.9 Å². The number of aromatic nitrogens is 1. The summed E-state index contributed by atoms with van der Waals surface area (Å²) in [7, 11) is 3.24. The van der Waals surface area contributed by atoms with Gasteiger partial charge in [0.1, 0.15) is 11.5 Å². The number of carbonyl (C=O) groups excluding carboxylic acids is 2. The van der Waals surface area contributed by atoms with Crippen LogP contribution in [-0.2, 0) is 22.7 Å². The molecule has 1 amide bonds. The molecule has 1 aromatic heterocycles. The van der Waals surface area contributed by atoms with Crippen molar-refractivity contribution in [3.63, 3.8) is 0 Å². The molecular weight excluding hydrogens is 576 g/mol. The zero-order chi connectivity index (χ0) is 24.5. The molecule has 33 heavy (non-hydrogen) atoms. The van der Waals surface area contributed by atoms with E-state index in [1.807, 2.05) is 54.4 Å². The molecular formula is C24H27Br2ClN2O4. The smallest absolute Gasteiger partial charge is 0.236 e. The Hall–Kier alpha value is -2.03. The molecule has 0 aliphatic rings. The fraction of sp³-hybridized carbons (Fsp3) is 0.333. The molecule has 2 atom stereocenters. The molecule has 0 aliphatic carbocycles. The second-order valence-electron chi connectivity index (χ2n) is 7.27. The number of H-pyrrole nitrogens is 1. The van der Waals surface area contributed by atoms with E-state index >= 15 is 0 Å². The summed E-state index contributed by atoms with van der Waals surface area (Å²) in [6.07, 6.45) is 1.92. The third-order valence-electron chi connectivity index (χ3n) is 4.85. The van der Waals surface area contributed by atoms with Crippen molar-refractivity contribution in [1.29, 1.82) is 0 Å². The summed E-state index contributed by atoms with van der Waals surface area (Å²) in [6.45, 7) is 4.46. The first-order valence-electron chi connectivity index (χ1n) is 10.2. The monoisotopic (exact) mass is 600 g/mol. The van der Waals surface area contributed by atoms with Crippen LogP contribution in [0.3, 0.4) is 0 Å². The molecule has 2 aromatic carbocycles. The minimum absolute atomic E-state index is 0.0245. The largest absolute Gasteiger partial charge is 0.497 e. The Morgan fingerprint density at radius 2 is 1.67 bits per heavy atom. The third-order valence-corrected chi connectivity index (χ3v) is 6.25. The zero-order valence-electron chi connectivity index (χ0n) is 18.9. The van der Waals surface area contributed by atoms with Crippen molar-refractivity contribution in [2.75, 3.05) is 14.2 Å². The number of aromatic amines is 1. The van der Waals surface area contributed by atoms with Crippen LogP contribution in [0.4, 0.5) is 0 Å². The maximum atomic E-state index is 12.9. The molecule has 2 unspecified atom stereocenters. The Balaban J connectivity index is 0.000000569. The second-order valence-corrected chi connectivity index (χ2v) is 10.4. The maximum Gasteiger partial charge on any atom is 0.236 e. The van der Waals surface area contributed by atoms with E-state index in [1.54, 1.807) is 21.1 Å². The lowest BCUT2D eigenvalue weighted by molar-refractivity contribution is -0.131. The van der Waals surface area contributed by atoms with E-state index in [0.29, 0.717) is 18.8 Å². The van der Waals surface area contributed by atoms with E-state index in [2.05, 4.69) is 42.9 Å². The lowest BCUT2D eigenvalue weighted by atomic mass is 10.1. The van der Waals surface area contributed by atoms with Gasteiger partial charge < -0.3 is 19.4 Å². The molecule has 0 saturated carbocycles. The summed E-state index contributed by atoms with van der Waals surface area (Å²) >= 11 is 11.3. The van der Waals surface area contributed by atoms with Gasteiger partial charge in [-0.05, 0) is 54.6 Å². The Kier molecular flexibility index (Phi) is 10.7. The summed E-state index contributed by atoms with van der Waals surface area (Å²) in [4.78, 5) is 27.3. The molecule has 9 heteroatoms. The number of hydrogen-bond acceptors (Lipinski definition) is 4. The number of benzene rings is 2. The third kappa shape index (κ3) is 7.76. The van der Waals surface area contributed by atoms with Crippen LogP contribution in [0.5, 0.6) is 11.5 Å². The van der Waals surface area contributed by atoms with Crippen LogP contribution in [0.15, 0.2) is 48.7 Å². The molecule has 0 saturated heterocycles. The SMILES string of the molecule is CC(Br)C(=O)Cl.COc1ccc(CN(Cc2cccc3cc[nH]c23)C(=O)C(C)Br)c(OC)c1. The summed E-state index contributed by atoms with van der Waals surface area (Å²) in [5.41, 5.74) is 3.06. The molecule has 0 spiro atoms. The number of carbonyl (C=O) groups is 2. The number of alkyl halides is 2. The van der Waals surface area contributed by atoms with E-state index in [4.69, 9.17) is 21.1 Å². The van der Waals surface area contributed by atoms with Gasteiger partial charge in [0, 0.05) is 30.9 Å². The standard InChI is InChI=1S/C21H23BrN2O3.C3H4BrClO/c1-14(22)21(25)24(12-16-7-8-18(26-2)11-19(16)27-3)13-17-6-4-5-15-9-10-23-20(15)17;1-2(4)3(5)6/h4-11,14,23H,12-13H2,1-3H3;2H,1H3. The van der Waals surface area contributed by atoms with E-state index in [1.165, 1.54) is 0 Å². The van der Waals surface area contributed by atoms with Crippen molar-refractivity contribution in [2.24, 2.45) is 0 Å². The fourth-order valence-corrected chi connectivity index (χ4v) is 3.43. The lowest BCUT2D eigenvalue weighted by Gasteiger charge is -2.25. The molecule has 3 rings (SSSR count). The van der Waals surface area contributed by atoms with Crippen LogP contribution in [0, 0.1) is 0 Å². The number of fused-ring (bicyclic) bond motifs is 1. The van der Waals surface area contributed by atoms with Gasteiger partial charge in [0.2, 0.25) is 11.1 Å². The van der Waals surface area contributed by atoms with Crippen molar-refractivity contribution < 1.29 is 19.1 Å². The van der Waals surface area contributed by atoms with Crippen molar-refractivity contribution in [2.45, 2.75) is 36.6 Å². The number of nitrogens with zero attached hydrogens (tertiary/aromatic N) is 1. The van der Waals surface area contributed by atoms with Crippen molar-refractivity contribution >= 4 is 65.5 Å². The molecule has 0 radical (unpaired) electrons. The fourth-order valence-electron chi connectivity index (χ4n) is 3.14. The van der Waals surface area contributed by atoms with Gasteiger partial charge in [0.25, 0.3) is 0 Å². The molecule has 3 aromatic rings. The first-order valence-corrected chi connectivity index (χ1v) is 12.4. The highest BCUT2D eigenvalue weighted by Gasteiger charge is 2.21.